The van der Waals surface area contributed by atoms with Gasteiger partial charge in [-0.05, 0) is 0 Å². The molecule has 0 radical (unpaired) electrons. The number of carbonyl (C=O) groups is 1. The predicted molar refractivity (Wildman–Crippen MR) is 52.6 cm³/mol. The van der Waals surface area contributed by atoms with Gasteiger partial charge in [-0.15, -0.1) is 0 Å². The summed E-state index contributed by atoms with van der Waals surface area (Å²) in [5.41, 5.74) is 0. The van der Waals surface area contributed by atoms with Crippen LogP contribution in [0.4, 0.5) is 0 Å². The van der Waals surface area contributed by atoms with Gasteiger partial charge in [0.1, 0.15) is 0 Å². The van der Waals surface area contributed by atoms with Gasteiger partial charge in [0.25, 0.3) is 0 Å². The first kappa shape index (κ1) is 15.1. The Hall–Kier alpha value is 0.104. The zero-order valence-electron chi connectivity index (χ0n) is 10.3. The summed E-state index contributed by atoms with van der Waals surface area (Å²) in [4.78, 5) is 10.8. The summed E-state index contributed by atoms with van der Waals surface area (Å²) in [5, 5.41) is 0. The number of hydrogen-bond acceptors (Lipinski definition) is 4. The van der Waals surface area contributed by atoms with Gasteiger partial charge in [0, 0.05) is 0 Å². The summed E-state index contributed by atoms with van der Waals surface area (Å²) in [5.74, 6) is -0.277. The van der Waals surface area contributed by atoms with Crippen LogP contribution in [-0.4, -0.2) is 22.3 Å². The minimum atomic E-state index is -1.07. The Morgan fingerprint density at radius 3 is 1.80 bits per heavy atom. The van der Waals surface area contributed by atoms with Crippen LogP contribution in [0.25, 0.3) is 0 Å². The van der Waals surface area contributed by atoms with Crippen LogP contribution >= 0.6 is 0 Å². The summed E-state index contributed by atoms with van der Waals surface area (Å²) in [7, 11) is 0. The molecule has 0 rings (SSSR count). The zero-order chi connectivity index (χ0) is 12.1. The topological polar surface area (TPSA) is 44.8 Å². The Morgan fingerprint density at radius 2 is 1.53 bits per heavy atom. The molecule has 0 fully saturated rings. The van der Waals surface area contributed by atoms with Crippen molar-refractivity contribution in [2.24, 2.45) is 0 Å². The molecule has 0 amide bonds. The van der Waals surface area contributed by atoms with Crippen molar-refractivity contribution in [1.29, 1.82) is 0 Å². The van der Waals surface area contributed by atoms with Crippen LogP contribution in [0.1, 0.15) is 41.5 Å². The van der Waals surface area contributed by atoms with Gasteiger partial charge in [-0.25, -0.2) is 0 Å². The van der Waals surface area contributed by atoms with Gasteiger partial charge >= 0.3 is 101 Å². The average Bonchev–Trinajstić information content (AvgIpc) is 1.97. The molecule has 0 aliphatic carbocycles. The van der Waals surface area contributed by atoms with E-state index < -0.39 is 23.6 Å². The van der Waals surface area contributed by atoms with Crippen LogP contribution in [0.15, 0.2) is 0 Å². The van der Waals surface area contributed by atoms with Gasteiger partial charge in [-0.3, -0.25) is 0 Å². The van der Waals surface area contributed by atoms with Crippen LogP contribution in [0, 0.1) is 0 Å². The standard InChI is InChI=1S/C8H17O2.C2H4O2.Ti/c1-6(2)9-8(5)10-7(3)4;1-2(3)4;/h6-7H,1-5H3;1H3,(H,3,4);/q;;+1/p-1. The van der Waals surface area contributed by atoms with E-state index in [9.17, 15) is 4.79 Å². The Labute approximate surface area is 101 Å². The third-order valence-corrected chi connectivity index (χ3v) is 2.86. The SMILES string of the molecule is CC(=O)[O][Ti][C](C)(OC(C)C)OC(C)C. The third kappa shape index (κ3) is 7.97. The Balaban J connectivity index is 4.32. The van der Waals surface area contributed by atoms with Gasteiger partial charge in [0.15, 0.2) is 0 Å². The van der Waals surface area contributed by atoms with Crippen LogP contribution < -0.4 is 0 Å². The molecule has 0 aromatic rings. The van der Waals surface area contributed by atoms with Crippen LogP contribution in [0.2, 0.25) is 0 Å². The number of ether oxygens (including phenoxy) is 2. The molecule has 0 heterocycles. The zero-order valence-corrected chi connectivity index (χ0v) is 11.8. The monoisotopic (exact) mass is 252 g/mol. The Bertz CT molecular complexity index is 194. The molecule has 5 heteroatoms. The normalized spacial score (nSPS) is 12.0. The van der Waals surface area contributed by atoms with E-state index in [0.29, 0.717) is 0 Å². The molecule has 0 saturated carbocycles. The van der Waals surface area contributed by atoms with E-state index in [2.05, 4.69) is 0 Å². The van der Waals surface area contributed by atoms with Crippen molar-refractivity contribution in [3.63, 3.8) is 0 Å². The number of rotatable bonds is 6. The molecule has 15 heavy (non-hydrogen) atoms. The van der Waals surface area contributed by atoms with Crippen molar-refractivity contribution in [3.8, 4) is 0 Å². The summed E-state index contributed by atoms with van der Waals surface area (Å²) in [6.45, 7) is 11.0. The molecule has 4 nitrogen and oxygen atoms in total. The van der Waals surface area contributed by atoms with Gasteiger partial charge in [-0.2, -0.15) is 0 Å². The van der Waals surface area contributed by atoms with Gasteiger partial charge in [-0.1, -0.05) is 0 Å². The molecule has 0 aliphatic heterocycles. The van der Waals surface area contributed by atoms with E-state index >= 15 is 0 Å². The van der Waals surface area contributed by atoms with Crippen LogP contribution in [0.3, 0.4) is 0 Å². The second kappa shape index (κ2) is 6.64. The van der Waals surface area contributed by atoms with Crippen molar-refractivity contribution >= 4 is 5.97 Å². The molecule has 0 aromatic carbocycles. The molecule has 0 spiro atoms. The predicted octanol–water partition coefficient (Wildman–Crippen LogP) is 2.07. The molecule has 88 valence electrons. The minimum absolute atomic E-state index is 0.0491. The van der Waals surface area contributed by atoms with Gasteiger partial charge in [0.2, 0.25) is 0 Å². The van der Waals surface area contributed by atoms with E-state index in [1.165, 1.54) is 6.92 Å². The first-order valence-electron chi connectivity index (χ1n) is 5.05. The molecule has 0 N–H and O–H groups in total. The summed E-state index contributed by atoms with van der Waals surface area (Å²) in [6, 6.07) is 0. The molecule has 0 atom stereocenters. The molecule has 0 bridgehead atoms. The molecular formula is C10H20O4Ti. The Morgan fingerprint density at radius 1 is 1.13 bits per heavy atom. The second-order valence-electron chi connectivity index (χ2n) is 3.97. The average molecular weight is 252 g/mol. The summed E-state index contributed by atoms with van der Waals surface area (Å²) >= 11 is -1.07. The maximum atomic E-state index is 10.8. The van der Waals surface area contributed by atoms with Crippen LogP contribution in [-0.2, 0) is 37.1 Å². The van der Waals surface area contributed by atoms with E-state index in [4.69, 9.17) is 12.8 Å². The van der Waals surface area contributed by atoms with Gasteiger partial charge in [0.05, 0.1) is 0 Å². The summed E-state index contributed by atoms with van der Waals surface area (Å²) < 4.78 is 15.6. The second-order valence-corrected chi connectivity index (χ2v) is 6.03. The first-order chi connectivity index (χ1) is 6.75. The van der Waals surface area contributed by atoms with Crippen molar-refractivity contribution in [3.05, 3.63) is 0 Å². The fourth-order valence-corrected chi connectivity index (χ4v) is 2.54. The fourth-order valence-electron chi connectivity index (χ4n) is 1.14. The number of hydrogen-bond donors (Lipinski definition) is 0. The van der Waals surface area contributed by atoms with Crippen molar-refractivity contribution in [2.75, 3.05) is 0 Å². The van der Waals surface area contributed by atoms with Crippen molar-refractivity contribution in [1.82, 2.24) is 0 Å². The van der Waals surface area contributed by atoms with E-state index in [-0.39, 0.29) is 18.2 Å². The molecular weight excluding hydrogens is 232 g/mol. The quantitative estimate of drug-likeness (QED) is 0.536. The molecule has 0 unspecified atom stereocenters. The Kier molecular flexibility index (Phi) is 6.68. The third-order valence-electron chi connectivity index (χ3n) is 1.30. The molecule has 0 saturated heterocycles. The molecule has 0 aromatic heterocycles. The maximum absolute atomic E-state index is 10.8. The van der Waals surface area contributed by atoms with Crippen LogP contribution in [0.5, 0.6) is 0 Å². The summed E-state index contributed by atoms with van der Waals surface area (Å²) in [6.07, 6.45) is 0.0983. The number of carbonyl (C=O) groups excluding carboxylic acids is 1. The van der Waals surface area contributed by atoms with Crippen molar-refractivity contribution < 1.29 is 37.1 Å². The van der Waals surface area contributed by atoms with E-state index in [0.717, 1.165) is 0 Å². The van der Waals surface area contributed by atoms with E-state index in [1.54, 1.807) is 0 Å². The molecule has 0 aliphatic rings. The van der Waals surface area contributed by atoms with E-state index in [1.807, 2.05) is 34.6 Å². The fraction of sp³-hybridized carbons (Fsp3) is 0.900. The first-order valence-corrected chi connectivity index (χ1v) is 6.47. The van der Waals surface area contributed by atoms with Crippen molar-refractivity contribution in [2.45, 2.75) is 57.8 Å². The van der Waals surface area contributed by atoms with Gasteiger partial charge < -0.3 is 0 Å².